The lowest BCUT2D eigenvalue weighted by Crippen LogP contribution is -2.56. The highest BCUT2D eigenvalue weighted by Crippen LogP contribution is 2.31. The van der Waals surface area contributed by atoms with E-state index in [4.69, 9.17) is 61.2 Å². The lowest BCUT2D eigenvalue weighted by atomic mass is 10.1. The maximum absolute atomic E-state index is 12.7. The van der Waals surface area contributed by atoms with Crippen LogP contribution >= 0.6 is 47.0 Å². The fourth-order valence-electron chi connectivity index (χ4n) is 2.77. The average molecular weight is 552 g/mol. The molecule has 0 aromatic heterocycles. The Hall–Kier alpha value is -2.73. The van der Waals surface area contributed by atoms with Gasteiger partial charge in [-0.05, 0) is 30.4 Å². The minimum atomic E-state index is -2.02. The SMILES string of the molecule is COc1ccc(CC(=O)NC(NC(=S)Nc2ccc(OC)cc2[N+](=O)[O-])C(Cl)(Cl)Cl)c(OC)c1. The largest absolute Gasteiger partial charge is 0.497 e. The van der Waals surface area contributed by atoms with Gasteiger partial charge in [-0.25, -0.2) is 0 Å². The predicted octanol–water partition coefficient (Wildman–Crippen LogP) is 3.96. The number of halogens is 3. The van der Waals surface area contributed by atoms with E-state index in [1.165, 1.54) is 39.5 Å². The first-order valence-corrected chi connectivity index (χ1v) is 11.0. The van der Waals surface area contributed by atoms with Crippen molar-refractivity contribution >= 4 is 69.4 Å². The summed E-state index contributed by atoms with van der Waals surface area (Å²) in [5.41, 5.74) is 0.351. The third-order valence-electron chi connectivity index (χ3n) is 4.40. The van der Waals surface area contributed by atoms with Crippen LogP contribution in [0.5, 0.6) is 17.2 Å². The van der Waals surface area contributed by atoms with Crippen molar-refractivity contribution in [1.82, 2.24) is 10.6 Å². The van der Waals surface area contributed by atoms with Gasteiger partial charge in [-0.15, -0.1) is 0 Å². The van der Waals surface area contributed by atoms with Gasteiger partial charge in [-0.2, -0.15) is 0 Å². The van der Waals surface area contributed by atoms with Crippen LogP contribution in [0, 0.1) is 10.1 Å². The van der Waals surface area contributed by atoms with Crippen LogP contribution < -0.4 is 30.2 Å². The van der Waals surface area contributed by atoms with Gasteiger partial charge >= 0.3 is 0 Å². The van der Waals surface area contributed by atoms with E-state index < -0.39 is 20.8 Å². The molecule has 0 aliphatic carbocycles. The Morgan fingerprint density at radius 3 is 2.24 bits per heavy atom. The molecule has 184 valence electrons. The number of ether oxygens (including phenoxy) is 3. The van der Waals surface area contributed by atoms with Crippen LogP contribution in [0.2, 0.25) is 0 Å². The molecule has 1 amide bonds. The van der Waals surface area contributed by atoms with Crippen molar-refractivity contribution in [2.24, 2.45) is 0 Å². The first kappa shape index (κ1) is 27.5. The number of carbonyl (C=O) groups excluding carboxylic acids is 1. The number of methoxy groups -OCH3 is 3. The number of benzene rings is 2. The van der Waals surface area contributed by atoms with Gasteiger partial charge in [0.15, 0.2) is 5.11 Å². The summed E-state index contributed by atoms with van der Waals surface area (Å²) >= 11 is 23.2. The molecule has 0 saturated heterocycles. The molecule has 14 heteroatoms. The molecule has 0 heterocycles. The summed E-state index contributed by atoms with van der Waals surface area (Å²) in [6, 6.07) is 9.12. The fourth-order valence-corrected chi connectivity index (χ4v) is 3.32. The minimum absolute atomic E-state index is 0.0701. The first-order chi connectivity index (χ1) is 16.0. The van der Waals surface area contributed by atoms with Gasteiger partial charge in [0.25, 0.3) is 5.69 Å². The van der Waals surface area contributed by atoms with Crippen molar-refractivity contribution in [3.63, 3.8) is 0 Å². The molecule has 2 aromatic carbocycles. The number of thiocarbonyl (C=S) groups is 1. The third kappa shape index (κ3) is 7.66. The number of nitrogens with zero attached hydrogens (tertiary/aromatic N) is 1. The Labute approximate surface area is 215 Å². The van der Waals surface area contributed by atoms with Gasteiger partial charge in [0, 0.05) is 11.6 Å². The van der Waals surface area contributed by atoms with Gasteiger partial charge in [0.05, 0.1) is 38.7 Å². The number of rotatable bonds is 9. The number of anilines is 1. The van der Waals surface area contributed by atoms with E-state index in [1.54, 1.807) is 18.2 Å². The summed E-state index contributed by atoms with van der Waals surface area (Å²) in [7, 11) is 4.36. The summed E-state index contributed by atoms with van der Waals surface area (Å²) in [5.74, 6) is 0.782. The van der Waals surface area contributed by atoms with E-state index in [2.05, 4.69) is 16.0 Å². The lowest BCUT2D eigenvalue weighted by Gasteiger charge is -2.28. The van der Waals surface area contributed by atoms with Crippen LogP contribution in [0.25, 0.3) is 0 Å². The third-order valence-corrected chi connectivity index (χ3v) is 5.28. The summed E-state index contributed by atoms with van der Waals surface area (Å²) in [4.78, 5) is 23.4. The Bertz CT molecular complexity index is 1070. The average Bonchev–Trinajstić information content (AvgIpc) is 2.78. The van der Waals surface area contributed by atoms with Crippen molar-refractivity contribution < 1.29 is 23.9 Å². The number of nitrogens with one attached hydrogen (secondary N) is 3. The zero-order chi connectivity index (χ0) is 25.5. The molecular formula is C20H21Cl3N4O6S. The van der Waals surface area contributed by atoms with Crippen LogP contribution in [-0.2, 0) is 11.2 Å². The van der Waals surface area contributed by atoms with Gasteiger partial charge in [0.1, 0.15) is 29.1 Å². The zero-order valence-electron chi connectivity index (χ0n) is 18.2. The topological polar surface area (TPSA) is 124 Å². The molecule has 2 aromatic rings. The number of alkyl halides is 3. The molecule has 0 spiro atoms. The second-order valence-corrected chi connectivity index (χ2v) is 9.41. The summed E-state index contributed by atoms with van der Waals surface area (Å²) in [5, 5.41) is 19.1. The fraction of sp³-hybridized carbons (Fsp3) is 0.300. The second kappa shape index (κ2) is 12.1. The van der Waals surface area contributed by atoms with E-state index in [0.29, 0.717) is 17.1 Å². The standard InChI is InChI=1S/C20H21Cl3N4O6S/c1-31-12-6-7-14(15(9-12)27(29)30)24-19(34)26-18(20(21,22)23)25-17(28)8-11-4-5-13(32-2)10-16(11)33-3/h4-7,9-10,18H,8H2,1-3H3,(H,25,28)(H2,24,26,34). The molecule has 0 saturated carbocycles. The normalized spacial score (nSPS) is 11.7. The van der Waals surface area contributed by atoms with Crippen molar-refractivity contribution in [3.05, 3.63) is 52.1 Å². The molecule has 0 aliphatic heterocycles. The molecular weight excluding hydrogens is 531 g/mol. The molecule has 1 unspecified atom stereocenters. The van der Waals surface area contributed by atoms with Gasteiger partial charge in [-0.3, -0.25) is 14.9 Å². The Morgan fingerprint density at radius 2 is 1.68 bits per heavy atom. The number of nitro groups is 1. The van der Waals surface area contributed by atoms with Crippen LogP contribution in [0.1, 0.15) is 5.56 Å². The van der Waals surface area contributed by atoms with Crippen molar-refractivity contribution in [2.45, 2.75) is 16.4 Å². The van der Waals surface area contributed by atoms with Crippen LogP contribution in [0.3, 0.4) is 0 Å². The highest BCUT2D eigenvalue weighted by Gasteiger charge is 2.35. The van der Waals surface area contributed by atoms with E-state index >= 15 is 0 Å². The highest BCUT2D eigenvalue weighted by atomic mass is 35.6. The number of carbonyl (C=O) groups is 1. The van der Waals surface area contributed by atoms with Gasteiger partial charge in [-0.1, -0.05) is 40.9 Å². The second-order valence-electron chi connectivity index (χ2n) is 6.64. The molecule has 3 N–H and O–H groups in total. The molecule has 2 rings (SSSR count). The van der Waals surface area contributed by atoms with Gasteiger partial charge in [0.2, 0.25) is 9.70 Å². The number of hydrogen-bond donors (Lipinski definition) is 3. The first-order valence-electron chi connectivity index (χ1n) is 9.45. The number of amides is 1. The predicted molar refractivity (Wildman–Crippen MR) is 134 cm³/mol. The summed E-state index contributed by atoms with van der Waals surface area (Å²) in [6.45, 7) is 0. The van der Waals surface area contributed by atoms with Crippen LogP contribution in [0.15, 0.2) is 36.4 Å². The number of hydrogen-bond acceptors (Lipinski definition) is 7. The molecule has 34 heavy (non-hydrogen) atoms. The molecule has 1 atom stereocenters. The van der Waals surface area contributed by atoms with Crippen molar-refractivity contribution in [3.8, 4) is 17.2 Å². The van der Waals surface area contributed by atoms with Crippen molar-refractivity contribution in [2.75, 3.05) is 26.6 Å². The Kier molecular flexibility index (Phi) is 9.80. The molecule has 0 aliphatic rings. The smallest absolute Gasteiger partial charge is 0.296 e. The Morgan fingerprint density at radius 1 is 1.06 bits per heavy atom. The quantitative estimate of drug-likeness (QED) is 0.140. The monoisotopic (exact) mass is 550 g/mol. The molecule has 0 radical (unpaired) electrons. The van der Waals surface area contributed by atoms with Gasteiger partial charge < -0.3 is 30.2 Å². The lowest BCUT2D eigenvalue weighted by molar-refractivity contribution is -0.384. The maximum Gasteiger partial charge on any atom is 0.296 e. The van der Waals surface area contributed by atoms with Crippen LogP contribution in [0.4, 0.5) is 11.4 Å². The maximum atomic E-state index is 12.7. The summed E-state index contributed by atoms with van der Waals surface area (Å²) in [6.07, 6.45) is -1.37. The molecule has 0 bridgehead atoms. The molecule has 10 nitrogen and oxygen atoms in total. The van der Waals surface area contributed by atoms with Crippen LogP contribution in [-0.4, -0.2) is 47.2 Å². The van der Waals surface area contributed by atoms with E-state index in [0.717, 1.165) is 0 Å². The Balaban J connectivity index is 2.13. The van der Waals surface area contributed by atoms with E-state index in [-0.39, 0.29) is 28.7 Å². The summed E-state index contributed by atoms with van der Waals surface area (Å²) < 4.78 is 13.4. The highest BCUT2D eigenvalue weighted by molar-refractivity contribution is 7.80. The number of nitro benzene ring substituents is 1. The van der Waals surface area contributed by atoms with E-state index in [9.17, 15) is 14.9 Å². The van der Waals surface area contributed by atoms with Crippen molar-refractivity contribution in [1.29, 1.82) is 0 Å². The zero-order valence-corrected chi connectivity index (χ0v) is 21.3. The minimum Gasteiger partial charge on any atom is -0.497 e. The molecule has 0 fully saturated rings. The van der Waals surface area contributed by atoms with E-state index in [1.807, 2.05) is 0 Å².